The van der Waals surface area contributed by atoms with Crippen LogP contribution in [0.1, 0.15) is 49.3 Å². The molecule has 2 aromatic heterocycles. The van der Waals surface area contributed by atoms with Gasteiger partial charge >= 0.3 is 0 Å². The highest BCUT2D eigenvalue weighted by Crippen LogP contribution is 2.29. The monoisotopic (exact) mass is 431 g/mol. The third-order valence-corrected chi connectivity index (χ3v) is 6.14. The highest BCUT2D eigenvalue weighted by Gasteiger charge is 2.36. The Labute approximate surface area is 181 Å². The van der Waals surface area contributed by atoms with E-state index in [1.54, 1.807) is 12.1 Å². The molecule has 0 radical (unpaired) electrons. The van der Waals surface area contributed by atoms with Gasteiger partial charge in [-0.05, 0) is 54.4 Å². The summed E-state index contributed by atoms with van der Waals surface area (Å²) in [5.74, 6) is -0.726. The lowest BCUT2D eigenvalue weighted by molar-refractivity contribution is 0.0631. The van der Waals surface area contributed by atoms with Crippen LogP contribution in [0, 0.1) is 0 Å². The van der Waals surface area contributed by atoms with Crippen LogP contribution in [0.3, 0.4) is 0 Å². The predicted molar refractivity (Wildman–Crippen MR) is 116 cm³/mol. The Morgan fingerprint density at radius 3 is 2.71 bits per heavy atom. The number of thiazole rings is 1. The fourth-order valence-corrected chi connectivity index (χ4v) is 4.47. The zero-order chi connectivity index (χ0) is 21.5. The molecule has 3 heterocycles. The second-order valence-electron chi connectivity index (χ2n) is 7.16. The van der Waals surface area contributed by atoms with E-state index in [0.29, 0.717) is 10.9 Å². The van der Waals surface area contributed by atoms with Gasteiger partial charge in [0, 0.05) is 5.56 Å². The fourth-order valence-electron chi connectivity index (χ4n) is 3.55. The number of fused-ring (bicyclic) bond motifs is 2. The molecule has 0 saturated heterocycles. The topological polar surface area (TPSA) is 92.5 Å². The Kier molecular flexibility index (Phi) is 4.63. The van der Waals surface area contributed by atoms with Crippen molar-refractivity contribution in [2.75, 3.05) is 5.32 Å². The van der Waals surface area contributed by atoms with Crippen molar-refractivity contribution in [3.63, 3.8) is 0 Å². The minimum atomic E-state index is -0.446. The van der Waals surface area contributed by atoms with E-state index in [0.717, 1.165) is 21.5 Å². The molecule has 1 aliphatic rings. The third kappa shape index (κ3) is 3.40. The summed E-state index contributed by atoms with van der Waals surface area (Å²) in [5.41, 5.74) is 2.80. The van der Waals surface area contributed by atoms with Gasteiger partial charge in [0.2, 0.25) is 0 Å². The van der Waals surface area contributed by atoms with Crippen molar-refractivity contribution < 1.29 is 18.8 Å². The molecule has 7 nitrogen and oxygen atoms in total. The van der Waals surface area contributed by atoms with E-state index in [-0.39, 0.29) is 29.1 Å². The standard InChI is InChI=1S/C23H17N3O4S/c1-2-13-5-8-18-19(10-13)31-23(24-18)25-20(27)14-6-7-16-17(11-14)22(29)26(21(16)28)12-15-4-3-9-30-15/h3-11H,2,12H2,1H3,(H,24,25,27). The minimum absolute atomic E-state index is 0.0479. The Morgan fingerprint density at radius 2 is 1.94 bits per heavy atom. The molecule has 4 aromatic rings. The van der Waals surface area contributed by atoms with Crippen LogP contribution in [-0.4, -0.2) is 27.6 Å². The first-order valence-corrected chi connectivity index (χ1v) is 10.6. The predicted octanol–water partition coefficient (Wildman–Crippen LogP) is 4.50. The summed E-state index contributed by atoms with van der Waals surface area (Å²) in [6.45, 7) is 2.13. The average Bonchev–Trinajstić information content (AvgIpc) is 3.49. The lowest BCUT2D eigenvalue weighted by Crippen LogP contribution is -2.28. The van der Waals surface area contributed by atoms with Crippen molar-refractivity contribution in [1.29, 1.82) is 0 Å². The lowest BCUT2D eigenvalue weighted by Gasteiger charge is -2.11. The van der Waals surface area contributed by atoms with E-state index in [2.05, 4.69) is 23.3 Å². The molecular formula is C23H17N3O4S. The largest absolute Gasteiger partial charge is 0.467 e. The van der Waals surface area contributed by atoms with Gasteiger partial charge in [-0.3, -0.25) is 24.6 Å². The highest BCUT2D eigenvalue weighted by atomic mass is 32.1. The molecule has 0 saturated carbocycles. The molecule has 0 bridgehead atoms. The Morgan fingerprint density at radius 1 is 1.10 bits per heavy atom. The van der Waals surface area contributed by atoms with E-state index >= 15 is 0 Å². The van der Waals surface area contributed by atoms with E-state index in [4.69, 9.17) is 4.42 Å². The van der Waals surface area contributed by atoms with Crippen molar-refractivity contribution in [1.82, 2.24) is 9.88 Å². The molecule has 2 aromatic carbocycles. The molecule has 0 fully saturated rings. The first-order valence-electron chi connectivity index (χ1n) is 9.77. The van der Waals surface area contributed by atoms with Gasteiger partial charge < -0.3 is 4.42 Å². The van der Waals surface area contributed by atoms with E-state index < -0.39 is 11.8 Å². The van der Waals surface area contributed by atoms with Crippen LogP contribution < -0.4 is 5.32 Å². The SMILES string of the molecule is CCc1ccc2nc(NC(=O)c3ccc4c(c3)C(=O)N(Cc3ccco3)C4=O)sc2c1. The van der Waals surface area contributed by atoms with Gasteiger partial charge in [-0.2, -0.15) is 0 Å². The lowest BCUT2D eigenvalue weighted by atomic mass is 10.1. The van der Waals surface area contributed by atoms with Crippen LogP contribution in [0.2, 0.25) is 0 Å². The number of aryl methyl sites for hydroxylation is 1. The second kappa shape index (κ2) is 7.48. The number of rotatable bonds is 5. The maximum absolute atomic E-state index is 12.8. The molecule has 0 spiro atoms. The quantitative estimate of drug-likeness (QED) is 0.470. The van der Waals surface area contributed by atoms with Gasteiger partial charge in [-0.1, -0.05) is 24.3 Å². The van der Waals surface area contributed by atoms with Gasteiger partial charge in [0.15, 0.2) is 5.13 Å². The Hall–Kier alpha value is -3.78. The summed E-state index contributed by atoms with van der Waals surface area (Å²) in [4.78, 5) is 43.7. The molecule has 8 heteroatoms. The number of hydrogen-bond acceptors (Lipinski definition) is 6. The Bertz CT molecular complexity index is 1340. The maximum atomic E-state index is 12.8. The zero-order valence-corrected chi connectivity index (χ0v) is 17.4. The average molecular weight is 431 g/mol. The fraction of sp³-hybridized carbons (Fsp3) is 0.130. The Balaban J connectivity index is 1.38. The van der Waals surface area contributed by atoms with E-state index in [9.17, 15) is 14.4 Å². The van der Waals surface area contributed by atoms with Gasteiger partial charge in [-0.15, -0.1) is 0 Å². The summed E-state index contributed by atoms with van der Waals surface area (Å²) >= 11 is 1.40. The number of furan rings is 1. The van der Waals surface area contributed by atoms with Crippen LogP contribution >= 0.6 is 11.3 Å². The van der Waals surface area contributed by atoms with Crippen LogP contribution in [0.5, 0.6) is 0 Å². The van der Waals surface area contributed by atoms with Crippen molar-refractivity contribution >= 4 is 44.4 Å². The molecule has 0 aliphatic carbocycles. The molecule has 154 valence electrons. The second-order valence-corrected chi connectivity index (χ2v) is 8.20. The number of imide groups is 1. The van der Waals surface area contributed by atoms with Crippen LogP contribution in [-0.2, 0) is 13.0 Å². The summed E-state index contributed by atoms with van der Waals surface area (Å²) in [7, 11) is 0. The first-order chi connectivity index (χ1) is 15.0. The number of amides is 3. The number of benzene rings is 2. The molecule has 0 unspecified atom stereocenters. The number of hydrogen-bond donors (Lipinski definition) is 1. The number of anilines is 1. The number of nitrogens with zero attached hydrogens (tertiary/aromatic N) is 2. The van der Waals surface area contributed by atoms with Crippen molar-refractivity contribution in [3.8, 4) is 0 Å². The molecule has 3 amide bonds. The highest BCUT2D eigenvalue weighted by molar-refractivity contribution is 7.22. The summed E-state index contributed by atoms with van der Waals surface area (Å²) in [6, 6.07) is 13.9. The minimum Gasteiger partial charge on any atom is -0.467 e. The summed E-state index contributed by atoms with van der Waals surface area (Å²) < 4.78 is 6.24. The third-order valence-electron chi connectivity index (χ3n) is 5.21. The molecule has 31 heavy (non-hydrogen) atoms. The van der Waals surface area contributed by atoms with Crippen LogP contribution in [0.15, 0.2) is 59.2 Å². The summed E-state index contributed by atoms with van der Waals surface area (Å²) in [6.07, 6.45) is 2.41. The first kappa shape index (κ1) is 19.2. The van der Waals surface area contributed by atoms with Gasteiger partial charge in [-0.25, -0.2) is 4.98 Å². The molecule has 1 aliphatic heterocycles. The van der Waals surface area contributed by atoms with E-state index in [1.807, 2.05) is 12.1 Å². The number of nitrogens with one attached hydrogen (secondary N) is 1. The van der Waals surface area contributed by atoms with Crippen LogP contribution in [0.25, 0.3) is 10.2 Å². The smallest absolute Gasteiger partial charge is 0.261 e. The number of carbonyl (C=O) groups is 3. The molecule has 1 N–H and O–H groups in total. The summed E-state index contributed by atoms with van der Waals surface area (Å²) in [5, 5.41) is 3.28. The van der Waals surface area contributed by atoms with E-state index in [1.165, 1.54) is 41.4 Å². The number of aromatic nitrogens is 1. The van der Waals surface area contributed by atoms with Gasteiger partial charge in [0.05, 0.1) is 34.2 Å². The maximum Gasteiger partial charge on any atom is 0.261 e. The zero-order valence-electron chi connectivity index (χ0n) is 16.5. The van der Waals surface area contributed by atoms with Crippen LogP contribution in [0.4, 0.5) is 5.13 Å². The molecule has 0 atom stereocenters. The molecule has 5 rings (SSSR count). The van der Waals surface area contributed by atoms with Crippen molar-refractivity contribution in [2.45, 2.75) is 19.9 Å². The van der Waals surface area contributed by atoms with Gasteiger partial charge in [0.1, 0.15) is 5.76 Å². The normalized spacial score (nSPS) is 13.1. The molecular weight excluding hydrogens is 414 g/mol. The van der Waals surface area contributed by atoms with Gasteiger partial charge in [0.25, 0.3) is 17.7 Å². The van der Waals surface area contributed by atoms with Crippen molar-refractivity contribution in [3.05, 3.63) is 82.8 Å². The van der Waals surface area contributed by atoms with Crippen molar-refractivity contribution in [2.24, 2.45) is 0 Å². The number of carbonyl (C=O) groups excluding carboxylic acids is 3.